The van der Waals surface area contributed by atoms with Crippen LogP contribution in [0.25, 0.3) is 0 Å². The Hall–Kier alpha value is -1.44. The molecule has 2 rings (SSSR count). The molecule has 4 N–H and O–H groups in total. The molecule has 0 aromatic rings. The largest absolute Gasteiger partial charge is 0.481 e. The molecule has 5 atom stereocenters. The number of rotatable bonds is 3. The zero-order valence-corrected chi connectivity index (χ0v) is 11.0. The Morgan fingerprint density at radius 3 is 2.45 bits per heavy atom. The molecule has 1 aliphatic carbocycles. The second-order valence-corrected chi connectivity index (χ2v) is 5.76. The zero-order valence-electron chi connectivity index (χ0n) is 11.0. The van der Waals surface area contributed by atoms with Gasteiger partial charge < -0.3 is 25.2 Å². The average Bonchev–Trinajstić information content (AvgIpc) is 2.67. The van der Waals surface area contributed by atoms with Crippen molar-refractivity contribution in [1.82, 2.24) is 0 Å². The van der Waals surface area contributed by atoms with Gasteiger partial charge in [-0.2, -0.15) is 0 Å². The van der Waals surface area contributed by atoms with Gasteiger partial charge in [-0.25, -0.2) is 0 Å². The van der Waals surface area contributed by atoms with Gasteiger partial charge in [0.25, 0.3) is 0 Å². The van der Waals surface area contributed by atoms with Gasteiger partial charge in [0.2, 0.25) is 0 Å². The van der Waals surface area contributed by atoms with Crippen LogP contribution in [0.1, 0.15) is 26.2 Å². The lowest BCUT2D eigenvalue weighted by atomic mass is 9.68. The van der Waals surface area contributed by atoms with Gasteiger partial charge in [-0.15, -0.1) is 0 Å². The van der Waals surface area contributed by atoms with Gasteiger partial charge in [0.15, 0.2) is 12.6 Å². The average molecular weight is 286 g/mol. The number of ether oxygens (including phenoxy) is 1. The minimum atomic E-state index is -1.23. The summed E-state index contributed by atoms with van der Waals surface area (Å²) in [5.74, 6) is -3.64. The van der Waals surface area contributed by atoms with Crippen LogP contribution in [-0.2, 0) is 14.3 Å². The quantitative estimate of drug-likeness (QED) is 0.545. The van der Waals surface area contributed by atoms with Crippen molar-refractivity contribution in [3.05, 3.63) is 11.6 Å². The molecular formula is C13H18O7. The number of aliphatic hydroxyl groups excluding tert-OH is 2. The number of carboxylic acid groups (broad SMARTS) is 2. The third kappa shape index (κ3) is 2.70. The number of carboxylic acids is 2. The summed E-state index contributed by atoms with van der Waals surface area (Å²) in [6.07, 6.45) is -0.576. The Bertz CT molecular complexity index is 458. The van der Waals surface area contributed by atoms with Crippen molar-refractivity contribution in [3.63, 3.8) is 0 Å². The molecule has 0 aromatic carbocycles. The van der Waals surface area contributed by atoms with Crippen molar-refractivity contribution in [3.8, 4) is 0 Å². The fourth-order valence-electron chi connectivity index (χ4n) is 2.94. The highest BCUT2D eigenvalue weighted by molar-refractivity contribution is 5.79. The normalized spacial score (nSPS) is 41.2. The maximum absolute atomic E-state index is 11.4. The summed E-state index contributed by atoms with van der Waals surface area (Å²) in [5.41, 5.74) is -0.668. The molecule has 0 radical (unpaired) electrons. The number of hydrogen-bond acceptors (Lipinski definition) is 5. The molecule has 7 nitrogen and oxygen atoms in total. The van der Waals surface area contributed by atoms with Gasteiger partial charge in [-0.1, -0.05) is 11.6 Å². The Balaban J connectivity index is 2.30. The van der Waals surface area contributed by atoms with Crippen LogP contribution in [0.2, 0.25) is 0 Å². The number of carbonyl (C=O) groups is 2. The Kier molecular flexibility index (Phi) is 3.86. The molecule has 2 aliphatic rings. The topological polar surface area (TPSA) is 124 Å². The Labute approximate surface area is 115 Å². The van der Waals surface area contributed by atoms with Crippen LogP contribution >= 0.6 is 0 Å². The van der Waals surface area contributed by atoms with Crippen LogP contribution in [0.15, 0.2) is 11.6 Å². The summed E-state index contributed by atoms with van der Waals surface area (Å²) in [4.78, 5) is 22.6. The molecule has 0 bridgehead atoms. The predicted octanol–water partition coefficient (Wildman–Crippen LogP) is 0.172. The van der Waals surface area contributed by atoms with E-state index in [9.17, 15) is 24.9 Å². The van der Waals surface area contributed by atoms with E-state index in [4.69, 9.17) is 9.84 Å². The molecule has 112 valence electrons. The molecule has 0 saturated carbocycles. The first-order valence-corrected chi connectivity index (χ1v) is 6.41. The Morgan fingerprint density at radius 1 is 1.35 bits per heavy atom. The van der Waals surface area contributed by atoms with Crippen molar-refractivity contribution >= 4 is 11.9 Å². The number of aliphatic hydroxyl groups is 2. The number of hydrogen-bond donors (Lipinski definition) is 4. The molecule has 0 aromatic heterocycles. The summed E-state index contributed by atoms with van der Waals surface area (Å²) < 4.78 is 4.83. The van der Waals surface area contributed by atoms with Crippen LogP contribution in [0.5, 0.6) is 0 Å². The molecule has 1 heterocycles. The highest BCUT2D eigenvalue weighted by atomic mass is 16.7. The maximum Gasteiger partial charge on any atom is 0.310 e. The van der Waals surface area contributed by atoms with Gasteiger partial charge in [-0.05, 0) is 19.8 Å². The fourth-order valence-corrected chi connectivity index (χ4v) is 2.94. The lowest BCUT2D eigenvalue weighted by Gasteiger charge is -2.35. The molecule has 20 heavy (non-hydrogen) atoms. The maximum atomic E-state index is 11.4. The van der Waals surface area contributed by atoms with E-state index in [1.807, 2.05) is 0 Å². The van der Waals surface area contributed by atoms with Crippen molar-refractivity contribution < 1.29 is 34.8 Å². The summed E-state index contributed by atoms with van der Waals surface area (Å²) in [5, 5.41) is 37.6. The first kappa shape index (κ1) is 15.0. The molecule has 5 unspecified atom stereocenters. The van der Waals surface area contributed by atoms with Gasteiger partial charge in [0.05, 0.1) is 11.3 Å². The van der Waals surface area contributed by atoms with Crippen molar-refractivity contribution in [2.45, 2.75) is 38.8 Å². The van der Waals surface area contributed by atoms with E-state index >= 15 is 0 Å². The standard InChI is InChI=1S/C13H18O7/c1-13(12(18)19)4-6(2-7(5-13)10(15)16)8-3-9(14)20-11(8)17/h2,7-9,11,14,17H,3-5H2,1H3,(H,15,16)(H,18,19). The van der Waals surface area contributed by atoms with E-state index in [1.165, 1.54) is 13.0 Å². The minimum Gasteiger partial charge on any atom is -0.481 e. The second-order valence-electron chi connectivity index (χ2n) is 5.76. The molecule has 1 aliphatic heterocycles. The lowest BCUT2D eigenvalue weighted by molar-refractivity contribution is -0.167. The van der Waals surface area contributed by atoms with Crippen LogP contribution in [0.4, 0.5) is 0 Å². The van der Waals surface area contributed by atoms with E-state index in [1.54, 1.807) is 0 Å². The molecule has 7 heteroatoms. The summed E-state index contributed by atoms with van der Waals surface area (Å²) >= 11 is 0. The monoisotopic (exact) mass is 286 g/mol. The third-order valence-electron chi connectivity index (χ3n) is 4.09. The van der Waals surface area contributed by atoms with Crippen LogP contribution < -0.4 is 0 Å². The van der Waals surface area contributed by atoms with Gasteiger partial charge in [0.1, 0.15) is 0 Å². The van der Waals surface area contributed by atoms with Crippen molar-refractivity contribution in [2.24, 2.45) is 17.3 Å². The second kappa shape index (κ2) is 5.16. The molecule has 1 saturated heterocycles. The lowest BCUT2D eigenvalue weighted by Crippen LogP contribution is -2.37. The van der Waals surface area contributed by atoms with E-state index in [0.29, 0.717) is 5.57 Å². The first-order valence-electron chi connectivity index (χ1n) is 6.41. The van der Waals surface area contributed by atoms with E-state index in [0.717, 1.165) is 0 Å². The smallest absolute Gasteiger partial charge is 0.310 e. The fraction of sp³-hybridized carbons (Fsp3) is 0.692. The van der Waals surface area contributed by atoms with Gasteiger partial charge in [0, 0.05) is 12.3 Å². The Morgan fingerprint density at radius 2 is 2.00 bits per heavy atom. The summed E-state index contributed by atoms with van der Waals surface area (Å²) in [7, 11) is 0. The molecule has 0 spiro atoms. The third-order valence-corrected chi connectivity index (χ3v) is 4.09. The molecule has 0 amide bonds. The predicted molar refractivity (Wildman–Crippen MR) is 65.4 cm³/mol. The number of aliphatic carboxylic acids is 2. The van der Waals surface area contributed by atoms with Crippen molar-refractivity contribution in [2.75, 3.05) is 0 Å². The van der Waals surface area contributed by atoms with Crippen molar-refractivity contribution in [1.29, 1.82) is 0 Å². The minimum absolute atomic E-state index is 0.00733. The van der Waals surface area contributed by atoms with Crippen LogP contribution in [0.3, 0.4) is 0 Å². The first-order chi connectivity index (χ1) is 9.23. The molecular weight excluding hydrogens is 268 g/mol. The van der Waals surface area contributed by atoms with E-state index in [-0.39, 0.29) is 19.3 Å². The van der Waals surface area contributed by atoms with Gasteiger partial charge in [-0.3, -0.25) is 9.59 Å². The zero-order chi connectivity index (χ0) is 15.1. The SMILES string of the molecule is CC1(C(=O)O)CC(C2CC(O)OC2O)=CC(C(=O)O)C1. The highest BCUT2D eigenvalue weighted by Crippen LogP contribution is 2.44. The summed E-state index contributed by atoms with van der Waals surface area (Å²) in [6, 6.07) is 0. The van der Waals surface area contributed by atoms with Gasteiger partial charge >= 0.3 is 11.9 Å². The van der Waals surface area contributed by atoms with Crippen LogP contribution in [-0.4, -0.2) is 44.9 Å². The summed E-state index contributed by atoms with van der Waals surface area (Å²) in [6.45, 7) is 1.50. The molecule has 1 fully saturated rings. The highest BCUT2D eigenvalue weighted by Gasteiger charge is 2.45. The van der Waals surface area contributed by atoms with E-state index in [2.05, 4.69) is 0 Å². The van der Waals surface area contributed by atoms with Crippen LogP contribution in [0, 0.1) is 17.3 Å². The van der Waals surface area contributed by atoms with E-state index < -0.39 is 41.8 Å².